The lowest BCUT2D eigenvalue weighted by atomic mass is 10.1. The molecule has 3 N–H and O–H groups in total. The molecule has 1 unspecified atom stereocenters. The molecule has 2 rings (SSSR count). The number of aliphatic imine (C=N–C) groups is 1. The van der Waals surface area contributed by atoms with Crippen LogP contribution in [0.15, 0.2) is 29.3 Å². The number of nitrogens with one attached hydrogen (secondary N) is 3. The minimum Gasteiger partial charge on any atom is -0.357 e. The average Bonchev–Trinajstić information content (AvgIpc) is 2.95. The first kappa shape index (κ1) is 25.0. The van der Waals surface area contributed by atoms with E-state index >= 15 is 0 Å². The molecule has 0 aliphatic carbocycles. The molecule has 7 nitrogen and oxygen atoms in total. The third kappa shape index (κ3) is 8.95. The van der Waals surface area contributed by atoms with Crippen LogP contribution in [-0.2, 0) is 21.1 Å². The summed E-state index contributed by atoms with van der Waals surface area (Å²) in [4.78, 5) is 16.3. The molecule has 0 bridgehead atoms. The van der Waals surface area contributed by atoms with Crippen molar-refractivity contribution in [3.63, 3.8) is 0 Å². The minimum atomic E-state index is -2.99. The van der Waals surface area contributed by atoms with E-state index in [0.29, 0.717) is 32.0 Å². The number of rotatable bonds is 8. The summed E-state index contributed by atoms with van der Waals surface area (Å²) in [6, 6.07) is 7.44. The maximum atomic E-state index is 12.0. The molecule has 1 aliphatic rings. The lowest BCUT2D eigenvalue weighted by Crippen LogP contribution is -2.39. The predicted octanol–water partition coefficient (Wildman–Crippen LogP) is 1.75. The first-order chi connectivity index (χ1) is 12.9. The molecule has 1 aromatic rings. The lowest BCUT2D eigenvalue weighted by Gasteiger charge is -2.12. The Morgan fingerprint density at radius 3 is 2.68 bits per heavy atom. The van der Waals surface area contributed by atoms with Gasteiger partial charge in [0.1, 0.15) is 0 Å². The van der Waals surface area contributed by atoms with Crippen LogP contribution in [0.5, 0.6) is 0 Å². The first-order valence-corrected chi connectivity index (χ1v) is 11.3. The fourth-order valence-electron chi connectivity index (χ4n) is 2.84. The van der Waals surface area contributed by atoms with E-state index in [0.717, 1.165) is 17.0 Å². The van der Waals surface area contributed by atoms with Gasteiger partial charge in [0.15, 0.2) is 15.8 Å². The summed E-state index contributed by atoms with van der Waals surface area (Å²) in [5.74, 6) is 0.651. The monoisotopic (exact) mass is 542 g/mol. The van der Waals surface area contributed by atoms with Gasteiger partial charge in [-0.3, -0.25) is 9.79 Å². The maximum absolute atomic E-state index is 12.0. The van der Waals surface area contributed by atoms with Crippen molar-refractivity contribution in [1.82, 2.24) is 16.0 Å². The number of hydrogen-bond acceptors (Lipinski definition) is 4. The largest absolute Gasteiger partial charge is 0.357 e. The Balaban J connectivity index is 0.00000392. The first-order valence-electron chi connectivity index (χ1n) is 9.15. The zero-order chi connectivity index (χ0) is 19.7. The van der Waals surface area contributed by atoms with Gasteiger partial charge in [0.2, 0.25) is 5.91 Å². The number of sulfone groups is 1. The summed E-state index contributed by atoms with van der Waals surface area (Å²) in [7, 11) is -2.99. The Morgan fingerprint density at radius 2 is 2.04 bits per heavy atom. The van der Waals surface area contributed by atoms with Crippen molar-refractivity contribution in [3.05, 3.63) is 34.9 Å². The van der Waals surface area contributed by atoms with Gasteiger partial charge >= 0.3 is 0 Å². The van der Waals surface area contributed by atoms with Crippen molar-refractivity contribution in [2.45, 2.75) is 32.2 Å². The van der Waals surface area contributed by atoms with Crippen LogP contribution in [0, 0.1) is 0 Å². The van der Waals surface area contributed by atoms with E-state index in [9.17, 15) is 13.2 Å². The lowest BCUT2D eigenvalue weighted by molar-refractivity contribution is -0.121. The molecule has 28 heavy (non-hydrogen) atoms. The molecule has 0 spiro atoms. The van der Waals surface area contributed by atoms with Crippen LogP contribution < -0.4 is 16.0 Å². The van der Waals surface area contributed by atoms with Gasteiger partial charge in [-0.25, -0.2) is 8.42 Å². The van der Waals surface area contributed by atoms with Gasteiger partial charge in [0, 0.05) is 30.6 Å². The molecule has 1 amide bonds. The van der Waals surface area contributed by atoms with Gasteiger partial charge in [-0.05, 0) is 31.4 Å². The molecule has 1 saturated heterocycles. The van der Waals surface area contributed by atoms with Gasteiger partial charge in [-0.2, -0.15) is 0 Å². The van der Waals surface area contributed by atoms with Crippen LogP contribution in [0.25, 0.3) is 0 Å². The highest BCUT2D eigenvalue weighted by Crippen LogP contribution is 2.14. The Labute approximate surface area is 189 Å². The van der Waals surface area contributed by atoms with Gasteiger partial charge < -0.3 is 16.0 Å². The summed E-state index contributed by atoms with van der Waals surface area (Å²) < 4.78 is 22.8. The number of benzene rings is 1. The van der Waals surface area contributed by atoms with E-state index < -0.39 is 9.84 Å². The van der Waals surface area contributed by atoms with Gasteiger partial charge in [0.05, 0.1) is 18.1 Å². The number of guanidine groups is 1. The van der Waals surface area contributed by atoms with E-state index in [2.05, 4.69) is 20.9 Å². The van der Waals surface area contributed by atoms with Crippen molar-refractivity contribution < 1.29 is 13.2 Å². The Hall–Kier alpha value is -1.07. The van der Waals surface area contributed by atoms with Gasteiger partial charge in [-0.15, -0.1) is 24.0 Å². The van der Waals surface area contributed by atoms with E-state index in [-0.39, 0.29) is 53.9 Å². The Kier molecular flexibility index (Phi) is 11.1. The summed E-state index contributed by atoms with van der Waals surface area (Å²) in [5, 5.41) is 9.87. The van der Waals surface area contributed by atoms with Gasteiger partial charge in [-0.1, -0.05) is 29.8 Å². The second-order valence-electron chi connectivity index (χ2n) is 6.45. The van der Waals surface area contributed by atoms with E-state index in [1.165, 1.54) is 0 Å². The van der Waals surface area contributed by atoms with E-state index in [1.807, 2.05) is 31.2 Å². The fraction of sp³-hybridized carbons (Fsp3) is 0.556. The second kappa shape index (κ2) is 12.5. The smallest absolute Gasteiger partial charge is 0.222 e. The summed E-state index contributed by atoms with van der Waals surface area (Å²) in [6.45, 7) is 3.68. The predicted molar refractivity (Wildman–Crippen MR) is 124 cm³/mol. The Bertz CT molecular complexity index is 774. The molecule has 1 atom stereocenters. The summed E-state index contributed by atoms with van der Waals surface area (Å²) in [6.07, 6.45) is 1.47. The topological polar surface area (TPSA) is 99.7 Å². The molecule has 1 heterocycles. The third-order valence-corrected chi connectivity index (χ3v) is 6.33. The van der Waals surface area contributed by atoms with Crippen LogP contribution in [-0.4, -0.2) is 57.5 Å². The number of halogens is 2. The molecule has 1 fully saturated rings. The van der Waals surface area contributed by atoms with Crippen molar-refractivity contribution >= 4 is 57.3 Å². The van der Waals surface area contributed by atoms with E-state index in [4.69, 9.17) is 11.6 Å². The van der Waals surface area contributed by atoms with E-state index in [1.54, 1.807) is 0 Å². The van der Waals surface area contributed by atoms with Crippen LogP contribution in [0.3, 0.4) is 0 Å². The van der Waals surface area contributed by atoms with Gasteiger partial charge in [0.25, 0.3) is 0 Å². The molecule has 0 saturated carbocycles. The summed E-state index contributed by atoms with van der Waals surface area (Å²) in [5.41, 5.74) is 1.06. The molecule has 0 aromatic heterocycles. The number of amides is 1. The van der Waals surface area contributed by atoms with Crippen molar-refractivity contribution in [2.75, 3.05) is 31.1 Å². The zero-order valence-electron chi connectivity index (χ0n) is 15.9. The highest BCUT2D eigenvalue weighted by atomic mass is 127. The third-order valence-electron chi connectivity index (χ3n) is 4.20. The highest BCUT2D eigenvalue weighted by Gasteiger charge is 2.28. The van der Waals surface area contributed by atoms with Crippen LogP contribution in [0.1, 0.15) is 25.3 Å². The molecule has 1 aliphatic heterocycles. The standard InChI is InChI=1S/C18H27ClN4O3S.HI/c1-2-20-18(21-10-7-14-5-3-4-6-16(14)19)22-11-8-17(24)23-15-9-12-27(25,26)13-15;/h3-6,15H,2,7-13H2,1H3,(H,23,24)(H2,20,21,22);1H. The normalized spacial score (nSPS) is 18.2. The molecular weight excluding hydrogens is 515 g/mol. The molecular formula is C18H28ClIN4O3S. The number of hydrogen-bond donors (Lipinski definition) is 3. The highest BCUT2D eigenvalue weighted by molar-refractivity contribution is 14.0. The SMILES string of the molecule is CCNC(=NCCC(=O)NC1CCS(=O)(=O)C1)NCCc1ccccc1Cl.I. The van der Waals surface area contributed by atoms with Crippen LogP contribution in [0.2, 0.25) is 5.02 Å². The fourth-order valence-corrected chi connectivity index (χ4v) is 4.74. The number of carbonyl (C=O) groups is 1. The number of carbonyl (C=O) groups excluding carboxylic acids is 1. The van der Waals surface area contributed by atoms with Crippen LogP contribution >= 0.6 is 35.6 Å². The van der Waals surface area contributed by atoms with Crippen molar-refractivity contribution in [2.24, 2.45) is 4.99 Å². The zero-order valence-corrected chi connectivity index (χ0v) is 19.8. The molecule has 10 heteroatoms. The quantitative estimate of drug-likeness (QED) is 0.264. The summed E-state index contributed by atoms with van der Waals surface area (Å²) >= 11 is 6.15. The Morgan fingerprint density at radius 1 is 1.29 bits per heavy atom. The number of nitrogens with zero attached hydrogens (tertiary/aromatic N) is 1. The van der Waals surface area contributed by atoms with Crippen LogP contribution in [0.4, 0.5) is 0 Å². The van der Waals surface area contributed by atoms with Crippen molar-refractivity contribution in [1.29, 1.82) is 0 Å². The second-order valence-corrected chi connectivity index (χ2v) is 9.08. The molecule has 1 aromatic carbocycles. The molecule has 158 valence electrons. The average molecular weight is 543 g/mol. The van der Waals surface area contributed by atoms with Crippen molar-refractivity contribution in [3.8, 4) is 0 Å². The maximum Gasteiger partial charge on any atom is 0.222 e. The minimum absolute atomic E-state index is 0. The molecule has 0 radical (unpaired) electrons.